The van der Waals surface area contributed by atoms with Crippen LogP contribution < -0.4 is 5.32 Å². The van der Waals surface area contributed by atoms with Gasteiger partial charge in [-0.05, 0) is 110 Å². The Morgan fingerprint density at radius 2 is 1.87 bits per heavy atom. The summed E-state index contributed by atoms with van der Waals surface area (Å²) < 4.78 is 38.9. The first kappa shape index (κ1) is 33.8. The number of amides is 2. The van der Waals surface area contributed by atoms with E-state index in [-0.39, 0.29) is 36.2 Å². The van der Waals surface area contributed by atoms with Gasteiger partial charge in [0.2, 0.25) is 0 Å². The Kier molecular flexibility index (Phi) is 9.78. The van der Waals surface area contributed by atoms with Gasteiger partial charge in [-0.1, -0.05) is 6.07 Å². The molecule has 1 aliphatic heterocycles. The van der Waals surface area contributed by atoms with Crippen LogP contribution in [0.25, 0.3) is 16.6 Å². The summed E-state index contributed by atoms with van der Waals surface area (Å²) in [6, 6.07) is 6.13. The molecule has 1 N–H and O–H groups in total. The van der Waals surface area contributed by atoms with Crippen LogP contribution in [0, 0.1) is 18.7 Å². The summed E-state index contributed by atoms with van der Waals surface area (Å²) >= 11 is 0. The summed E-state index contributed by atoms with van der Waals surface area (Å²) in [5.74, 6) is 0.389. The smallest absolute Gasteiger partial charge is 0.407 e. The molecular weight excluding hydrogens is 588 g/mol. The molecule has 10 heteroatoms. The second kappa shape index (κ2) is 13.3. The molecule has 2 aromatic heterocycles. The number of carbonyl (C=O) groups excluding carboxylic acids is 2. The lowest BCUT2D eigenvalue weighted by Gasteiger charge is -2.32. The van der Waals surface area contributed by atoms with Crippen molar-refractivity contribution in [1.29, 1.82) is 0 Å². The minimum atomic E-state index is -1.59. The van der Waals surface area contributed by atoms with Crippen molar-refractivity contribution in [1.82, 2.24) is 24.5 Å². The molecule has 1 saturated carbocycles. The average molecular weight is 638 g/mol. The molecule has 1 aromatic carbocycles. The quantitative estimate of drug-likeness (QED) is 0.281. The van der Waals surface area contributed by atoms with Crippen molar-refractivity contribution in [3.05, 3.63) is 59.4 Å². The highest BCUT2D eigenvalue weighted by Crippen LogP contribution is 2.41. The molecule has 3 aromatic rings. The van der Waals surface area contributed by atoms with E-state index in [9.17, 15) is 14.0 Å². The lowest BCUT2D eigenvalue weighted by atomic mass is 9.85. The zero-order valence-corrected chi connectivity index (χ0v) is 28.3. The Morgan fingerprint density at radius 1 is 1.15 bits per heavy atom. The molecule has 0 radical (unpaired) electrons. The topological polar surface area (TPSA) is 79.2 Å². The van der Waals surface area contributed by atoms with E-state index in [2.05, 4.69) is 15.2 Å². The van der Waals surface area contributed by atoms with Crippen LogP contribution in [0.15, 0.2) is 36.7 Å². The highest BCUT2D eigenvalue weighted by atomic mass is 19.1. The summed E-state index contributed by atoms with van der Waals surface area (Å²) in [5, 5.41) is 3.00. The maximum atomic E-state index is 17.0. The molecule has 5 rings (SSSR count). The maximum absolute atomic E-state index is 17.0. The monoisotopic (exact) mass is 637 g/mol. The van der Waals surface area contributed by atoms with Gasteiger partial charge in [-0.2, -0.15) is 0 Å². The number of carbonyl (C=O) groups is 2. The first-order chi connectivity index (χ1) is 21.7. The van der Waals surface area contributed by atoms with Crippen LogP contribution in [0.5, 0.6) is 0 Å². The number of fused-ring (bicyclic) bond motifs is 1. The molecule has 0 spiro atoms. The minimum absolute atomic E-state index is 0.0629. The second-order valence-corrected chi connectivity index (χ2v) is 14.4. The van der Waals surface area contributed by atoms with Gasteiger partial charge in [0.25, 0.3) is 5.91 Å². The van der Waals surface area contributed by atoms with E-state index in [4.69, 9.17) is 4.74 Å². The van der Waals surface area contributed by atoms with Crippen LogP contribution >= 0.6 is 0 Å². The van der Waals surface area contributed by atoms with Crippen molar-refractivity contribution in [3.63, 3.8) is 0 Å². The molecule has 2 amide bonds. The highest BCUT2D eigenvalue weighted by Gasteiger charge is 2.42. The number of alkyl carbamates (subject to hydrolysis) is 1. The molecule has 1 saturated heterocycles. The maximum Gasteiger partial charge on any atom is 0.407 e. The SMILES string of the molecule is CCN(C(=O)c1cc(F)ccc1-c1cc(C2(F)CCN(CC3CCC(NC(=O)OC(C)(C)C)CC3)C2)cn2c(C)ncc12)C(C)C. The number of benzene rings is 1. The largest absolute Gasteiger partial charge is 0.444 e. The summed E-state index contributed by atoms with van der Waals surface area (Å²) in [6.45, 7) is 15.4. The zero-order valence-electron chi connectivity index (χ0n) is 28.3. The summed E-state index contributed by atoms with van der Waals surface area (Å²) in [5.41, 5.74) is 0.631. The van der Waals surface area contributed by atoms with Crippen molar-refractivity contribution in [2.24, 2.45) is 5.92 Å². The van der Waals surface area contributed by atoms with Gasteiger partial charge in [0, 0.05) is 55.6 Å². The molecule has 1 atom stereocenters. The Bertz CT molecular complexity index is 1570. The van der Waals surface area contributed by atoms with Crippen LogP contribution in [-0.4, -0.2) is 75.0 Å². The number of ether oxygens (including phenoxy) is 1. The number of rotatable bonds is 8. The van der Waals surface area contributed by atoms with E-state index >= 15 is 4.39 Å². The molecule has 8 nitrogen and oxygen atoms in total. The number of likely N-dealkylation sites (tertiary alicyclic amines) is 1. The van der Waals surface area contributed by atoms with E-state index in [0.717, 1.165) is 37.7 Å². The molecule has 0 bridgehead atoms. The third kappa shape index (κ3) is 7.37. The van der Waals surface area contributed by atoms with E-state index in [0.29, 0.717) is 47.9 Å². The average Bonchev–Trinajstić information content (AvgIpc) is 3.55. The van der Waals surface area contributed by atoms with E-state index in [1.54, 1.807) is 17.2 Å². The van der Waals surface area contributed by atoms with E-state index in [1.165, 1.54) is 12.1 Å². The molecule has 250 valence electrons. The molecule has 1 unspecified atom stereocenters. The Hall–Kier alpha value is -3.53. The Balaban J connectivity index is 1.35. The van der Waals surface area contributed by atoms with Crippen LogP contribution in [0.4, 0.5) is 13.6 Å². The number of nitrogens with one attached hydrogen (secondary N) is 1. The van der Waals surface area contributed by atoms with Crippen LogP contribution in [0.2, 0.25) is 0 Å². The molecule has 2 aliphatic rings. The van der Waals surface area contributed by atoms with Gasteiger partial charge in [0.15, 0.2) is 5.67 Å². The van der Waals surface area contributed by atoms with Crippen molar-refractivity contribution >= 4 is 17.5 Å². The van der Waals surface area contributed by atoms with Crippen LogP contribution in [-0.2, 0) is 10.4 Å². The standard InChI is InChI=1S/C36H49F2N5O3/c1-8-42(23(2)3)33(44)31-18-27(37)11-14-29(31)30-17-26(21-43-24(4)39-19-32(30)43)36(38)15-16-41(22-36)20-25-9-12-28(13-10-25)40-34(45)46-35(5,6)7/h11,14,17-19,21,23,25,28H,8-10,12-13,15-16,20,22H2,1-7H3,(H,40,45). The lowest BCUT2D eigenvalue weighted by molar-refractivity contribution is 0.0483. The van der Waals surface area contributed by atoms with Gasteiger partial charge in [-0.15, -0.1) is 0 Å². The lowest BCUT2D eigenvalue weighted by Crippen LogP contribution is -2.42. The predicted octanol–water partition coefficient (Wildman–Crippen LogP) is 7.27. The number of halogens is 2. The first-order valence-electron chi connectivity index (χ1n) is 16.7. The van der Waals surface area contributed by atoms with Crippen LogP contribution in [0.1, 0.15) is 95.4 Å². The van der Waals surface area contributed by atoms with Gasteiger partial charge in [-0.3, -0.25) is 9.69 Å². The number of alkyl halides is 1. The second-order valence-electron chi connectivity index (χ2n) is 14.4. The van der Waals surface area contributed by atoms with E-state index < -0.39 is 17.1 Å². The molecule has 1 aliphatic carbocycles. The summed E-state index contributed by atoms with van der Waals surface area (Å²) in [4.78, 5) is 34.3. The number of hydrogen-bond acceptors (Lipinski definition) is 5. The van der Waals surface area contributed by atoms with Gasteiger partial charge in [0.05, 0.1) is 17.3 Å². The molecule has 3 heterocycles. The fraction of sp³-hybridized carbons (Fsp3) is 0.583. The third-order valence-electron chi connectivity index (χ3n) is 9.45. The van der Waals surface area contributed by atoms with Gasteiger partial charge in [0.1, 0.15) is 17.2 Å². The number of hydrogen-bond donors (Lipinski definition) is 1. The molecule has 46 heavy (non-hydrogen) atoms. The van der Waals surface area contributed by atoms with Crippen molar-refractivity contribution in [2.75, 3.05) is 26.2 Å². The summed E-state index contributed by atoms with van der Waals surface area (Å²) in [7, 11) is 0. The number of aryl methyl sites for hydroxylation is 1. The third-order valence-corrected chi connectivity index (χ3v) is 9.45. The zero-order chi connectivity index (χ0) is 33.4. The Labute approximate surface area is 271 Å². The molecular formula is C36H49F2N5O3. The van der Waals surface area contributed by atoms with Crippen molar-refractivity contribution in [3.8, 4) is 11.1 Å². The van der Waals surface area contributed by atoms with Gasteiger partial charge < -0.3 is 19.4 Å². The number of nitrogens with zero attached hydrogens (tertiary/aromatic N) is 4. The van der Waals surface area contributed by atoms with E-state index in [1.807, 2.05) is 65.1 Å². The van der Waals surface area contributed by atoms with Crippen LogP contribution in [0.3, 0.4) is 0 Å². The number of pyridine rings is 1. The summed E-state index contributed by atoms with van der Waals surface area (Å²) in [6.07, 6.45) is 7.23. The van der Waals surface area contributed by atoms with Crippen molar-refractivity contribution < 1.29 is 23.1 Å². The number of aromatic nitrogens is 2. The number of imidazole rings is 1. The normalized spacial score (nSPS) is 22.4. The predicted molar refractivity (Wildman–Crippen MR) is 176 cm³/mol. The minimum Gasteiger partial charge on any atom is -0.444 e. The van der Waals surface area contributed by atoms with Gasteiger partial charge >= 0.3 is 6.09 Å². The fourth-order valence-corrected chi connectivity index (χ4v) is 7.08. The highest BCUT2D eigenvalue weighted by molar-refractivity contribution is 6.03. The fourth-order valence-electron chi connectivity index (χ4n) is 7.08. The Morgan fingerprint density at radius 3 is 2.52 bits per heavy atom. The first-order valence-corrected chi connectivity index (χ1v) is 16.7. The van der Waals surface area contributed by atoms with Crippen molar-refractivity contribution in [2.45, 2.75) is 104 Å². The van der Waals surface area contributed by atoms with Gasteiger partial charge in [-0.25, -0.2) is 18.6 Å². The molecule has 2 fully saturated rings.